The van der Waals surface area contributed by atoms with E-state index in [1.165, 1.54) is 0 Å². The van der Waals surface area contributed by atoms with Crippen molar-refractivity contribution in [3.05, 3.63) is 41.6 Å². The van der Waals surface area contributed by atoms with Gasteiger partial charge in [0.2, 0.25) is 0 Å². The largest absolute Gasteiger partial charge is 0.383 e. The van der Waals surface area contributed by atoms with Crippen molar-refractivity contribution in [2.75, 3.05) is 13.7 Å². The summed E-state index contributed by atoms with van der Waals surface area (Å²) in [7, 11) is 1.58. The SMILES string of the molecule is COCC(C)(O)c1ccc2nc(C)ccc2c1. The fraction of sp³-hybridized carbons (Fsp3) is 0.357. The van der Waals surface area contributed by atoms with E-state index in [1.54, 1.807) is 14.0 Å². The van der Waals surface area contributed by atoms with Crippen LogP contribution in [0.2, 0.25) is 0 Å². The highest BCUT2D eigenvalue weighted by Gasteiger charge is 2.23. The molecule has 0 amide bonds. The second-order valence-corrected chi connectivity index (χ2v) is 4.57. The van der Waals surface area contributed by atoms with E-state index in [-0.39, 0.29) is 6.61 Å². The number of aliphatic hydroxyl groups is 1. The highest BCUT2D eigenvalue weighted by atomic mass is 16.5. The molecule has 2 rings (SSSR count). The first-order valence-electron chi connectivity index (χ1n) is 5.62. The van der Waals surface area contributed by atoms with Crippen molar-refractivity contribution in [3.8, 4) is 0 Å². The van der Waals surface area contributed by atoms with Crippen molar-refractivity contribution in [1.29, 1.82) is 0 Å². The molecule has 1 unspecified atom stereocenters. The zero-order chi connectivity index (χ0) is 12.5. The Kier molecular flexibility index (Phi) is 3.13. The van der Waals surface area contributed by atoms with E-state index < -0.39 is 5.60 Å². The molecule has 1 atom stereocenters. The number of pyridine rings is 1. The lowest BCUT2D eigenvalue weighted by Gasteiger charge is -2.23. The first-order valence-corrected chi connectivity index (χ1v) is 5.62. The number of ether oxygens (including phenoxy) is 1. The second-order valence-electron chi connectivity index (χ2n) is 4.57. The summed E-state index contributed by atoms with van der Waals surface area (Å²) < 4.78 is 5.03. The third-order valence-electron chi connectivity index (χ3n) is 2.88. The van der Waals surface area contributed by atoms with Crippen LogP contribution in [0.3, 0.4) is 0 Å². The molecule has 0 bridgehead atoms. The van der Waals surface area contributed by atoms with Gasteiger partial charge in [-0.25, -0.2) is 0 Å². The predicted octanol–water partition coefficient (Wildman–Crippen LogP) is 2.40. The number of aryl methyl sites for hydroxylation is 1. The summed E-state index contributed by atoms with van der Waals surface area (Å²) in [5.74, 6) is 0. The van der Waals surface area contributed by atoms with Gasteiger partial charge in [-0.15, -0.1) is 0 Å². The third kappa shape index (κ3) is 2.46. The van der Waals surface area contributed by atoms with Crippen LogP contribution in [0.1, 0.15) is 18.2 Å². The molecular weight excluding hydrogens is 214 g/mol. The molecule has 0 aliphatic carbocycles. The molecular formula is C14H17NO2. The summed E-state index contributed by atoms with van der Waals surface area (Å²) in [5.41, 5.74) is 1.82. The van der Waals surface area contributed by atoms with Crippen LogP contribution < -0.4 is 0 Å². The van der Waals surface area contributed by atoms with Gasteiger partial charge < -0.3 is 9.84 Å². The Labute approximate surface area is 101 Å². The predicted molar refractivity (Wildman–Crippen MR) is 67.9 cm³/mol. The van der Waals surface area contributed by atoms with Gasteiger partial charge >= 0.3 is 0 Å². The molecule has 1 heterocycles. The van der Waals surface area contributed by atoms with Crippen LogP contribution in [0.15, 0.2) is 30.3 Å². The Morgan fingerprint density at radius 2 is 2.06 bits per heavy atom. The number of fused-ring (bicyclic) bond motifs is 1. The van der Waals surface area contributed by atoms with Crippen molar-refractivity contribution in [2.45, 2.75) is 19.4 Å². The zero-order valence-electron chi connectivity index (χ0n) is 10.4. The molecule has 3 nitrogen and oxygen atoms in total. The summed E-state index contributed by atoms with van der Waals surface area (Å²) in [5, 5.41) is 11.3. The maximum Gasteiger partial charge on any atom is 0.110 e. The van der Waals surface area contributed by atoms with Gasteiger partial charge in [-0.2, -0.15) is 0 Å². The van der Waals surface area contributed by atoms with E-state index in [9.17, 15) is 5.11 Å². The highest BCUT2D eigenvalue weighted by Crippen LogP contribution is 2.24. The Hall–Kier alpha value is -1.45. The van der Waals surface area contributed by atoms with Gasteiger partial charge in [0.05, 0.1) is 12.1 Å². The number of aromatic nitrogens is 1. The van der Waals surface area contributed by atoms with Crippen molar-refractivity contribution < 1.29 is 9.84 Å². The lowest BCUT2D eigenvalue weighted by molar-refractivity contribution is -0.0207. The molecule has 90 valence electrons. The average molecular weight is 231 g/mol. The average Bonchev–Trinajstić information content (AvgIpc) is 2.28. The summed E-state index contributed by atoms with van der Waals surface area (Å²) in [6.45, 7) is 3.99. The second kappa shape index (κ2) is 4.43. The molecule has 1 aromatic heterocycles. The summed E-state index contributed by atoms with van der Waals surface area (Å²) in [6, 6.07) is 9.78. The van der Waals surface area contributed by atoms with Crippen molar-refractivity contribution in [2.24, 2.45) is 0 Å². The maximum atomic E-state index is 10.3. The highest BCUT2D eigenvalue weighted by molar-refractivity contribution is 5.79. The number of benzene rings is 1. The molecule has 0 aliphatic rings. The standard InChI is InChI=1S/C14H17NO2/c1-10-4-5-11-8-12(6-7-13(11)15-10)14(2,16)9-17-3/h4-8,16H,9H2,1-3H3. The van der Waals surface area contributed by atoms with E-state index in [2.05, 4.69) is 4.98 Å². The van der Waals surface area contributed by atoms with Crippen LogP contribution in [0.4, 0.5) is 0 Å². The molecule has 2 aromatic rings. The van der Waals surface area contributed by atoms with E-state index in [0.29, 0.717) is 0 Å². The molecule has 17 heavy (non-hydrogen) atoms. The van der Waals surface area contributed by atoms with Gasteiger partial charge in [-0.1, -0.05) is 12.1 Å². The minimum Gasteiger partial charge on any atom is -0.383 e. The number of hydrogen-bond acceptors (Lipinski definition) is 3. The van der Waals surface area contributed by atoms with Crippen LogP contribution in [0.5, 0.6) is 0 Å². The zero-order valence-corrected chi connectivity index (χ0v) is 10.4. The van der Waals surface area contributed by atoms with Crippen molar-refractivity contribution in [3.63, 3.8) is 0 Å². The fourth-order valence-electron chi connectivity index (χ4n) is 1.93. The maximum absolute atomic E-state index is 10.3. The van der Waals surface area contributed by atoms with Crippen LogP contribution in [0.25, 0.3) is 10.9 Å². The Morgan fingerprint density at radius 1 is 1.29 bits per heavy atom. The van der Waals surface area contributed by atoms with E-state index in [0.717, 1.165) is 22.2 Å². The van der Waals surface area contributed by atoms with Gasteiger partial charge in [0.25, 0.3) is 0 Å². The van der Waals surface area contributed by atoms with Crippen molar-refractivity contribution >= 4 is 10.9 Å². The van der Waals surface area contributed by atoms with E-state index >= 15 is 0 Å². The Bertz CT molecular complexity index is 535. The number of nitrogens with zero attached hydrogens (tertiary/aromatic N) is 1. The lowest BCUT2D eigenvalue weighted by Crippen LogP contribution is -2.27. The summed E-state index contributed by atoms with van der Waals surface area (Å²) in [4.78, 5) is 4.43. The first kappa shape index (κ1) is 12.0. The van der Waals surface area contributed by atoms with Crippen LogP contribution in [-0.2, 0) is 10.3 Å². The van der Waals surface area contributed by atoms with Gasteiger partial charge in [0.15, 0.2) is 0 Å². The van der Waals surface area contributed by atoms with Crippen LogP contribution in [-0.4, -0.2) is 23.8 Å². The monoisotopic (exact) mass is 231 g/mol. The minimum absolute atomic E-state index is 0.276. The Balaban J connectivity index is 2.48. The Morgan fingerprint density at radius 3 is 2.76 bits per heavy atom. The summed E-state index contributed by atoms with van der Waals surface area (Å²) in [6.07, 6.45) is 0. The van der Waals surface area contributed by atoms with Crippen LogP contribution in [0, 0.1) is 6.92 Å². The normalized spacial score (nSPS) is 14.8. The van der Waals surface area contributed by atoms with E-state index in [1.807, 2.05) is 37.3 Å². The van der Waals surface area contributed by atoms with Gasteiger partial charge in [-0.3, -0.25) is 4.98 Å². The number of hydrogen-bond donors (Lipinski definition) is 1. The van der Waals surface area contributed by atoms with Gasteiger partial charge in [0.1, 0.15) is 5.60 Å². The topological polar surface area (TPSA) is 42.4 Å². The van der Waals surface area contributed by atoms with Crippen LogP contribution >= 0.6 is 0 Å². The van der Waals surface area contributed by atoms with Gasteiger partial charge in [-0.05, 0) is 37.6 Å². The number of rotatable bonds is 3. The summed E-state index contributed by atoms with van der Waals surface area (Å²) >= 11 is 0. The van der Waals surface area contributed by atoms with E-state index in [4.69, 9.17) is 4.74 Å². The molecule has 3 heteroatoms. The molecule has 0 aliphatic heterocycles. The molecule has 1 aromatic carbocycles. The fourth-order valence-corrected chi connectivity index (χ4v) is 1.93. The molecule has 0 radical (unpaired) electrons. The third-order valence-corrected chi connectivity index (χ3v) is 2.88. The molecule has 0 saturated carbocycles. The first-order chi connectivity index (χ1) is 8.03. The molecule has 0 saturated heterocycles. The quantitative estimate of drug-likeness (QED) is 0.882. The lowest BCUT2D eigenvalue weighted by atomic mass is 9.95. The molecule has 0 fully saturated rings. The van der Waals surface area contributed by atoms with Crippen molar-refractivity contribution in [1.82, 2.24) is 4.98 Å². The number of methoxy groups -OCH3 is 1. The smallest absolute Gasteiger partial charge is 0.110 e. The molecule has 0 spiro atoms. The van der Waals surface area contributed by atoms with Gasteiger partial charge in [0, 0.05) is 18.2 Å². The minimum atomic E-state index is -0.964. The molecule has 1 N–H and O–H groups in total.